The molecule has 0 fully saturated rings. The lowest BCUT2D eigenvalue weighted by atomic mass is 9.81. The fraction of sp³-hybridized carbons (Fsp3) is 0.688. The molecule has 0 radical (unpaired) electrons. The summed E-state index contributed by atoms with van der Waals surface area (Å²) in [5.74, 6) is -1.02. The van der Waals surface area contributed by atoms with Crippen LogP contribution in [-0.4, -0.2) is 30.4 Å². The molecule has 1 atom stereocenters. The molecule has 0 aromatic rings. The number of ketones is 1. The van der Waals surface area contributed by atoms with E-state index in [1.54, 1.807) is 20.8 Å². The molecule has 0 bridgehead atoms. The molecular weight excluding hydrogens is 272 g/mol. The number of carbonyl (C=O) groups is 3. The largest absolute Gasteiger partial charge is 0.469 e. The Labute approximate surface area is 125 Å². The van der Waals surface area contributed by atoms with Crippen LogP contribution in [0.15, 0.2) is 11.1 Å². The molecule has 0 N–H and O–H groups in total. The standard InChI is InChI=1S/C16H24O5/c1-10-6-7-11(8-14(18)21-16(2,3)4)12(15(10)19)9-13(17)20-5/h10H,6-9H2,1-5H3. The van der Waals surface area contributed by atoms with Crippen molar-refractivity contribution in [3.8, 4) is 0 Å². The second kappa shape index (κ2) is 6.87. The van der Waals surface area contributed by atoms with Crippen molar-refractivity contribution in [3.05, 3.63) is 11.1 Å². The SMILES string of the molecule is COC(=O)CC1=C(CC(=O)OC(C)(C)C)CCC(C)C1=O. The van der Waals surface area contributed by atoms with E-state index >= 15 is 0 Å². The summed E-state index contributed by atoms with van der Waals surface area (Å²) < 4.78 is 9.91. The van der Waals surface area contributed by atoms with E-state index in [0.29, 0.717) is 24.0 Å². The Morgan fingerprint density at radius 2 is 1.81 bits per heavy atom. The second-order valence-corrected chi connectivity index (χ2v) is 6.40. The third-order valence-electron chi connectivity index (χ3n) is 3.38. The van der Waals surface area contributed by atoms with Gasteiger partial charge in [-0.2, -0.15) is 0 Å². The van der Waals surface area contributed by atoms with Gasteiger partial charge in [0.2, 0.25) is 0 Å². The molecule has 1 aliphatic carbocycles. The number of carbonyl (C=O) groups excluding carboxylic acids is 3. The molecule has 0 spiro atoms. The van der Waals surface area contributed by atoms with Crippen molar-refractivity contribution in [1.82, 2.24) is 0 Å². The number of rotatable bonds is 4. The smallest absolute Gasteiger partial charge is 0.310 e. The van der Waals surface area contributed by atoms with Gasteiger partial charge in [-0.1, -0.05) is 12.5 Å². The predicted molar refractivity (Wildman–Crippen MR) is 77.5 cm³/mol. The first-order chi connectivity index (χ1) is 9.64. The van der Waals surface area contributed by atoms with Gasteiger partial charge < -0.3 is 9.47 Å². The zero-order valence-corrected chi connectivity index (χ0v) is 13.4. The summed E-state index contributed by atoms with van der Waals surface area (Å²) in [6.07, 6.45) is 1.32. The lowest BCUT2D eigenvalue weighted by Crippen LogP contribution is -2.27. The topological polar surface area (TPSA) is 69.7 Å². The van der Waals surface area contributed by atoms with Gasteiger partial charge in [-0.15, -0.1) is 0 Å². The van der Waals surface area contributed by atoms with Crippen LogP contribution in [0, 0.1) is 5.92 Å². The fourth-order valence-electron chi connectivity index (χ4n) is 2.32. The zero-order chi connectivity index (χ0) is 16.2. The summed E-state index contributed by atoms with van der Waals surface area (Å²) in [6.45, 7) is 7.22. The van der Waals surface area contributed by atoms with Crippen molar-refractivity contribution in [2.24, 2.45) is 5.92 Å². The second-order valence-electron chi connectivity index (χ2n) is 6.40. The third kappa shape index (κ3) is 5.33. The first-order valence-corrected chi connectivity index (χ1v) is 7.18. The van der Waals surface area contributed by atoms with Crippen LogP contribution in [0.1, 0.15) is 53.4 Å². The van der Waals surface area contributed by atoms with Crippen LogP contribution in [0.25, 0.3) is 0 Å². The minimum atomic E-state index is -0.563. The summed E-state index contributed by atoms with van der Waals surface area (Å²) in [6, 6.07) is 0. The van der Waals surface area contributed by atoms with Gasteiger partial charge in [0, 0.05) is 11.5 Å². The van der Waals surface area contributed by atoms with Crippen molar-refractivity contribution >= 4 is 17.7 Å². The molecule has 0 heterocycles. The number of esters is 2. The molecule has 0 aromatic heterocycles. The Morgan fingerprint density at radius 3 is 2.33 bits per heavy atom. The van der Waals surface area contributed by atoms with Crippen molar-refractivity contribution in [3.63, 3.8) is 0 Å². The van der Waals surface area contributed by atoms with Crippen LogP contribution < -0.4 is 0 Å². The van der Waals surface area contributed by atoms with E-state index in [0.717, 1.165) is 0 Å². The van der Waals surface area contributed by atoms with E-state index in [1.165, 1.54) is 7.11 Å². The fourth-order valence-corrected chi connectivity index (χ4v) is 2.32. The van der Waals surface area contributed by atoms with Gasteiger partial charge in [0.1, 0.15) is 5.60 Å². The first kappa shape index (κ1) is 17.4. The molecular formula is C16H24O5. The Kier molecular flexibility index (Phi) is 5.70. The minimum absolute atomic E-state index is 0.0576. The number of hydrogen-bond donors (Lipinski definition) is 0. The van der Waals surface area contributed by atoms with Crippen LogP contribution in [0.4, 0.5) is 0 Å². The van der Waals surface area contributed by atoms with E-state index < -0.39 is 11.6 Å². The monoisotopic (exact) mass is 296 g/mol. The molecule has 5 nitrogen and oxygen atoms in total. The van der Waals surface area contributed by atoms with Gasteiger partial charge >= 0.3 is 11.9 Å². The summed E-state index contributed by atoms with van der Waals surface area (Å²) in [4.78, 5) is 35.6. The Bertz CT molecular complexity index is 468. The van der Waals surface area contributed by atoms with E-state index in [2.05, 4.69) is 4.74 Å². The molecule has 1 unspecified atom stereocenters. The molecule has 0 aromatic carbocycles. The average molecular weight is 296 g/mol. The maximum Gasteiger partial charge on any atom is 0.310 e. The molecule has 0 saturated carbocycles. The van der Waals surface area contributed by atoms with Gasteiger partial charge in [-0.3, -0.25) is 14.4 Å². The maximum atomic E-state index is 12.2. The molecule has 5 heteroatoms. The highest BCUT2D eigenvalue weighted by molar-refractivity contribution is 6.02. The quantitative estimate of drug-likeness (QED) is 0.746. The molecule has 0 saturated heterocycles. The summed E-state index contributed by atoms with van der Waals surface area (Å²) in [5.41, 5.74) is 0.566. The van der Waals surface area contributed by atoms with Crippen LogP contribution in [0.5, 0.6) is 0 Å². The molecule has 0 aliphatic heterocycles. The highest BCUT2D eigenvalue weighted by Gasteiger charge is 2.30. The van der Waals surface area contributed by atoms with Crippen molar-refractivity contribution in [2.75, 3.05) is 7.11 Å². The minimum Gasteiger partial charge on any atom is -0.469 e. The van der Waals surface area contributed by atoms with Crippen LogP contribution in [0.3, 0.4) is 0 Å². The van der Waals surface area contributed by atoms with Crippen molar-refractivity contribution in [2.45, 2.75) is 59.0 Å². The van der Waals surface area contributed by atoms with Gasteiger partial charge in [-0.05, 0) is 33.6 Å². The van der Waals surface area contributed by atoms with Gasteiger partial charge in [0.15, 0.2) is 5.78 Å². The predicted octanol–water partition coefficient (Wildman–Crippen LogP) is 2.58. The summed E-state index contributed by atoms with van der Waals surface area (Å²) in [5, 5.41) is 0. The number of methoxy groups -OCH3 is 1. The Balaban J connectivity index is 2.93. The molecule has 1 rings (SSSR count). The Hall–Kier alpha value is -1.65. The first-order valence-electron chi connectivity index (χ1n) is 7.18. The molecule has 21 heavy (non-hydrogen) atoms. The molecule has 118 valence electrons. The zero-order valence-electron chi connectivity index (χ0n) is 13.4. The highest BCUT2D eigenvalue weighted by atomic mass is 16.6. The lowest BCUT2D eigenvalue weighted by molar-refractivity contribution is -0.154. The molecule has 0 amide bonds. The van der Waals surface area contributed by atoms with E-state index in [4.69, 9.17) is 4.74 Å². The number of ether oxygens (including phenoxy) is 2. The van der Waals surface area contributed by atoms with E-state index in [9.17, 15) is 14.4 Å². The lowest BCUT2D eigenvalue weighted by Gasteiger charge is -2.25. The van der Waals surface area contributed by atoms with Gasteiger partial charge in [-0.25, -0.2) is 0 Å². The van der Waals surface area contributed by atoms with Crippen LogP contribution >= 0.6 is 0 Å². The summed E-state index contributed by atoms with van der Waals surface area (Å²) in [7, 11) is 1.28. The summed E-state index contributed by atoms with van der Waals surface area (Å²) >= 11 is 0. The van der Waals surface area contributed by atoms with Gasteiger partial charge in [0.25, 0.3) is 0 Å². The van der Waals surface area contributed by atoms with E-state index in [1.807, 2.05) is 6.92 Å². The highest BCUT2D eigenvalue weighted by Crippen LogP contribution is 2.31. The van der Waals surface area contributed by atoms with Crippen LogP contribution in [0.2, 0.25) is 0 Å². The average Bonchev–Trinajstić information content (AvgIpc) is 2.35. The Morgan fingerprint density at radius 1 is 1.19 bits per heavy atom. The maximum absolute atomic E-state index is 12.2. The molecule has 1 aliphatic rings. The normalized spacial score (nSPS) is 19.5. The van der Waals surface area contributed by atoms with Crippen molar-refractivity contribution < 1.29 is 23.9 Å². The van der Waals surface area contributed by atoms with Crippen molar-refractivity contribution in [1.29, 1.82) is 0 Å². The third-order valence-corrected chi connectivity index (χ3v) is 3.38. The van der Waals surface area contributed by atoms with Gasteiger partial charge in [0.05, 0.1) is 20.0 Å². The number of hydrogen-bond acceptors (Lipinski definition) is 5. The number of Topliss-reactive ketones (excluding diaryl/α,β-unsaturated/α-hetero) is 1. The van der Waals surface area contributed by atoms with E-state index in [-0.39, 0.29) is 30.5 Å². The van der Waals surface area contributed by atoms with Crippen LogP contribution in [-0.2, 0) is 23.9 Å².